The van der Waals surface area contributed by atoms with Crippen LogP contribution in [0.15, 0.2) is 71.1 Å². The molecule has 182 valence electrons. The first-order valence-corrected chi connectivity index (χ1v) is 11.5. The molecule has 1 aliphatic carbocycles. The number of benzene rings is 2. The molecule has 1 N–H and O–H groups in total. The van der Waals surface area contributed by atoms with E-state index in [1.165, 1.54) is 12.1 Å². The van der Waals surface area contributed by atoms with Gasteiger partial charge in [-0.05, 0) is 56.4 Å². The second kappa shape index (κ2) is 9.74. The number of nitro groups is 1. The van der Waals surface area contributed by atoms with Gasteiger partial charge in [0.2, 0.25) is 0 Å². The minimum Gasteiger partial charge on any atom is -0.497 e. The van der Waals surface area contributed by atoms with Crippen LogP contribution < -0.4 is 10.1 Å². The number of non-ortho nitro benzene ring substituents is 1. The highest BCUT2D eigenvalue weighted by atomic mass is 16.6. The molecular weight excluding hydrogens is 448 g/mol. The zero-order chi connectivity index (χ0) is 25.3. The highest BCUT2D eigenvalue weighted by Crippen LogP contribution is 2.46. The van der Waals surface area contributed by atoms with Crippen LogP contribution in [-0.2, 0) is 14.3 Å². The van der Waals surface area contributed by atoms with Gasteiger partial charge in [0, 0.05) is 41.4 Å². The number of ketones is 1. The summed E-state index contributed by atoms with van der Waals surface area (Å²) >= 11 is 0. The zero-order valence-corrected chi connectivity index (χ0v) is 20.2. The fraction of sp³-hybridized carbons (Fsp3) is 0.333. The number of hydrogen-bond donors (Lipinski definition) is 1. The molecule has 2 aromatic rings. The molecule has 4 rings (SSSR count). The molecule has 0 saturated heterocycles. The van der Waals surface area contributed by atoms with Crippen LogP contribution in [0.3, 0.4) is 0 Å². The minimum absolute atomic E-state index is 0.0193. The third-order valence-corrected chi connectivity index (χ3v) is 6.41. The number of carbonyl (C=O) groups excluding carboxylic acids is 2. The molecule has 1 heterocycles. The van der Waals surface area contributed by atoms with Crippen LogP contribution in [0.25, 0.3) is 0 Å². The molecule has 0 fully saturated rings. The molecule has 2 aromatic carbocycles. The van der Waals surface area contributed by atoms with Gasteiger partial charge in [-0.2, -0.15) is 0 Å². The Bertz CT molecular complexity index is 1230. The molecule has 0 unspecified atom stereocenters. The normalized spacial score (nSPS) is 19.9. The fourth-order valence-corrected chi connectivity index (χ4v) is 4.82. The summed E-state index contributed by atoms with van der Waals surface area (Å²) in [5.74, 6) is -0.510. The summed E-state index contributed by atoms with van der Waals surface area (Å²) in [5.41, 5.74) is 3.86. The molecule has 8 nitrogen and oxygen atoms in total. The molecule has 0 radical (unpaired) electrons. The van der Waals surface area contributed by atoms with Crippen molar-refractivity contribution in [3.05, 3.63) is 92.3 Å². The Kier molecular flexibility index (Phi) is 6.73. The highest BCUT2D eigenvalue weighted by Gasteiger charge is 2.41. The average molecular weight is 477 g/mol. The molecule has 35 heavy (non-hydrogen) atoms. The number of ether oxygens (including phenoxy) is 2. The number of nitro benzene ring substituents is 1. The predicted molar refractivity (Wildman–Crippen MR) is 130 cm³/mol. The summed E-state index contributed by atoms with van der Waals surface area (Å²) in [6, 6.07) is 13.7. The van der Waals surface area contributed by atoms with Crippen LogP contribution in [0.4, 0.5) is 5.69 Å². The molecule has 0 bridgehead atoms. The molecule has 2 atom stereocenters. The van der Waals surface area contributed by atoms with Crippen molar-refractivity contribution in [1.82, 2.24) is 5.32 Å². The molecule has 0 amide bonds. The van der Waals surface area contributed by atoms with Crippen LogP contribution in [0.5, 0.6) is 5.75 Å². The van der Waals surface area contributed by atoms with E-state index in [-0.39, 0.29) is 23.5 Å². The molecule has 1 aliphatic heterocycles. The van der Waals surface area contributed by atoms with Crippen LogP contribution in [0.1, 0.15) is 56.6 Å². The van der Waals surface area contributed by atoms with Crippen molar-refractivity contribution in [3.63, 3.8) is 0 Å². The average Bonchev–Trinajstić information content (AvgIpc) is 2.82. The SMILES string of the molecule is COc1ccc([C@@H]2CC(=O)C3=C(C2)NC(C)=C(C(=O)OC(C)C)[C@H]3c2ccc([N+](=O)[O-])cc2)cc1. The third kappa shape index (κ3) is 4.82. The van der Waals surface area contributed by atoms with Crippen molar-refractivity contribution in [3.8, 4) is 5.75 Å². The van der Waals surface area contributed by atoms with E-state index in [0.717, 1.165) is 17.0 Å². The minimum atomic E-state index is -0.664. The standard InChI is InChI=1S/C27H28N2O6/c1-15(2)35-27(31)24-16(3)28-22-13-19(17-7-11-21(34-4)12-8-17)14-23(30)26(22)25(24)18-5-9-20(10-6-18)29(32)33/h5-12,15,19,25,28H,13-14H2,1-4H3/t19-,25+/m0/s1. The Morgan fingerprint density at radius 3 is 2.26 bits per heavy atom. The van der Waals surface area contributed by atoms with E-state index in [1.807, 2.05) is 24.3 Å². The van der Waals surface area contributed by atoms with Crippen molar-refractivity contribution in [1.29, 1.82) is 0 Å². The lowest BCUT2D eigenvalue weighted by Crippen LogP contribution is -2.36. The number of allylic oxidation sites excluding steroid dienone is 3. The van der Waals surface area contributed by atoms with Crippen molar-refractivity contribution in [2.24, 2.45) is 0 Å². The number of nitrogens with zero attached hydrogens (tertiary/aromatic N) is 1. The highest BCUT2D eigenvalue weighted by molar-refractivity contribution is 6.04. The van der Waals surface area contributed by atoms with Crippen LogP contribution >= 0.6 is 0 Å². The summed E-state index contributed by atoms with van der Waals surface area (Å²) in [4.78, 5) is 37.4. The summed E-state index contributed by atoms with van der Waals surface area (Å²) in [7, 11) is 1.61. The second-order valence-corrected chi connectivity index (χ2v) is 9.09. The van der Waals surface area contributed by atoms with Crippen LogP contribution in [0.2, 0.25) is 0 Å². The quantitative estimate of drug-likeness (QED) is 0.358. The fourth-order valence-electron chi connectivity index (χ4n) is 4.82. The Morgan fingerprint density at radius 2 is 1.69 bits per heavy atom. The summed E-state index contributed by atoms with van der Waals surface area (Å²) in [6.45, 7) is 5.32. The van der Waals surface area contributed by atoms with Crippen molar-refractivity contribution in [2.45, 2.75) is 51.6 Å². The van der Waals surface area contributed by atoms with E-state index in [2.05, 4.69) is 5.32 Å². The summed E-state index contributed by atoms with van der Waals surface area (Å²) < 4.78 is 10.8. The number of Topliss-reactive ketones (excluding diaryl/α,β-unsaturated/α-hetero) is 1. The number of dihydropyridines is 1. The van der Waals surface area contributed by atoms with Gasteiger partial charge >= 0.3 is 5.97 Å². The third-order valence-electron chi connectivity index (χ3n) is 6.41. The first-order chi connectivity index (χ1) is 16.7. The van der Waals surface area contributed by atoms with E-state index in [4.69, 9.17) is 9.47 Å². The Hall–Kier alpha value is -3.94. The van der Waals surface area contributed by atoms with Gasteiger partial charge < -0.3 is 14.8 Å². The van der Waals surface area contributed by atoms with Crippen molar-refractivity contribution < 1.29 is 24.0 Å². The van der Waals surface area contributed by atoms with Gasteiger partial charge in [-0.15, -0.1) is 0 Å². The Labute approximate surface area is 203 Å². The number of methoxy groups -OCH3 is 1. The Balaban J connectivity index is 1.77. The van der Waals surface area contributed by atoms with Crippen molar-refractivity contribution in [2.75, 3.05) is 7.11 Å². The molecule has 8 heteroatoms. The van der Waals surface area contributed by atoms with Crippen LogP contribution in [0, 0.1) is 10.1 Å². The van der Waals surface area contributed by atoms with E-state index >= 15 is 0 Å². The summed E-state index contributed by atoms with van der Waals surface area (Å²) in [6.07, 6.45) is 0.556. The number of hydrogen-bond acceptors (Lipinski definition) is 7. The monoisotopic (exact) mass is 476 g/mol. The van der Waals surface area contributed by atoms with Gasteiger partial charge in [0.25, 0.3) is 5.69 Å². The Morgan fingerprint density at radius 1 is 1.06 bits per heavy atom. The van der Waals surface area contributed by atoms with E-state index < -0.39 is 16.8 Å². The molecule has 0 aromatic heterocycles. The number of nitrogens with one attached hydrogen (secondary N) is 1. The number of esters is 1. The second-order valence-electron chi connectivity index (χ2n) is 9.09. The molecule has 0 saturated carbocycles. The van der Waals surface area contributed by atoms with Gasteiger partial charge in [-0.3, -0.25) is 14.9 Å². The maximum absolute atomic E-state index is 13.6. The first-order valence-electron chi connectivity index (χ1n) is 11.5. The largest absolute Gasteiger partial charge is 0.497 e. The van der Waals surface area contributed by atoms with Gasteiger partial charge in [-0.25, -0.2) is 4.79 Å². The zero-order valence-electron chi connectivity index (χ0n) is 20.2. The predicted octanol–water partition coefficient (Wildman–Crippen LogP) is 4.92. The maximum Gasteiger partial charge on any atom is 0.337 e. The molecular formula is C27H28N2O6. The van der Waals surface area contributed by atoms with Crippen molar-refractivity contribution >= 4 is 17.4 Å². The topological polar surface area (TPSA) is 108 Å². The smallest absolute Gasteiger partial charge is 0.337 e. The molecule has 0 spiro atoms. The lowest BCUT2D eigenvalue weighted by atomic mass is 9.71. The van der Waals surface area contributed by atoms with Gasteiger partial charge in [0.1, 0.15) is 5.75 Å². The molecule has 2 aliphatic rings. The number of rotatable bonds is 6. The number of carbonyl (C=O) groups is 2. The van der Waals surface area contributed by atoms with E-state index in [1.54, 1.807) is 40.0 Å². The maximum atomic E-state index is 13.6. The van der Waals surface area contributed by atoms with Crippen LogP contribution in [-0.4, -0.2) is 29.9 Å². The van der Waals surface area contributed by atoms with Gasteiger partial charge in [0.05, 0.1) is 23.7 Å². The van der Waals surface area contributed by atoms with E-state index in [0.29, 0.717) is 35.2 Å². The van der Waals surface area contributed by atoms with Gasteiger partial charge in [0.15, 0.2) is 5.78 Å². The first kappa shape index (κ1) is 24.2. The van der Waals surface area contributed by atoms with Gasteiger partial charge in [-0.1, -0.05) is 24.3 Å². The summed E-state index contributed by atoms with van der Waals surface area (Å²) in [5, 5.41) is 14.5. The lowest BCUT2D eigenvalue weighted by Gasteiger charge is -2.37. The lowest BCUT2D eigenvalue weighted by molar-refractivity contribution is -0.384. The van der Waals surface area contributed by atoms with E-state index in [9.17, 15) is 19.7 Å².